The van der Waals surface area contributed by atoms with E-state index in [0.29, 0.717) is 0 Å². The summed E-state index contributed by atoms with van der Waals surface area (Å²) < 4.78 is 14.2. The molecule has 8 aromatic rings. The maximum Gasteiger partial charge on any atom is 0.371 e. The Kier molecular flexibility index (Phi) is 3.61. The summed E-state index contributed by atoms with van der Waals surface area (Å²) in [5, 5.41) is 3.31. The predicted octanol–water partition coefficient (Wildman–Crippen LogP) is 6.74. The first-order chi connectivity index (χ1) is 21.2. The number of aromatic nitrogens is 5. The van der Waals surface area contributed by atoms with E-state index < -0.39 is 5.66 Å². The highest BCUT2D eigenvalue weighted by molar-refractivity contribution is 6.15. The number of rotatable bonds is 1. The second kappa shape index (κ2) is 7.05. The van der Waals surface area contributed by atoms with E-state index in [0.717, 1.165) is 50.3 Å². The van der Waals surface area contributed by atoms with E-state index in [1.54, 1.807) is 0 Å². The smallest absolute Gasteiger partial charge is 0.371 e. The number of aryl methyl sites for hydroxylation is 2. The minimum atomic E-state index is -0.632. The van der Waals surface area contributed by atoms with Gasteiger partial charge in [0.15, 0.2) is 23.1 Å². The van der Waals surface area contributed by atoms with Crippen LogP contribution in [0, 0.1) is 13.8 Å². The third-order valence-corrected chi connectivity index (χ3v) is 9.90. The number of hydrogen-bond acceptors (Lipinski definition) is 3. The Morgan fingerprint density at radius 2 is 1.67 bits per heavy atom. The van der Waals surface area contributed by atoms with E-state index in [2.05, 4.69) is 124 Å². The molecule has 0 bridgehead atoms. The molecule has 5 aromatic heterocycles. The van der Waals surface area contributed by atoms with Gasteiger partial charge in [0.25, 0.3) is 0 Å². The van der Waals surface area contributed by atoms with Crippen LogP contribution in [0.3, 0.4) is 0 Å². The van der Waals surface area contributed by atoms with Crippen molar-refractivity contribution < 1.29 is 13.9 Å². The monoisotopic (exact) mass is 553 g/mol. The standard InChI is InChI=1S/C37H23N5O/c1-20-8-5-9-21(2)30(20)27-19-41-36-31-24(34-26(42(27)36)18-22-10-7-16-38-35(22)39-34)14-15-29-33(31)37(41)32-23(11-6-13-28(32)43-29)25-12-3-4-17-40(25)37/h3-19H,1-2H3/q+2. The topological polar surface area (TPSA) is 47.2 Å². The van der Waals surface area contributed by atoms with Gasteiger partial charge in [-0.25, -0.2) is 9.97 Å². The number of nitrogens with zero attached hydrogens (tertiary/aromatic N) is 5. The van der Waals surface area contributed by atoms with E-state index in [4.69, 9.17) is 9.72 Å². The van der Waals surface area contributed by atoms with E-state index in [-0.39, 0.29) is 0 Å². The summed E-state index contributed by atoms with van der Waals surface area (Å²) in [6.07, 6.45) is 6.42. The zero-order chi connectivity index (χ0) is 28.2. The molecule has 0 amide bonds. The fourth-order valence-electron chi connectivity index (χ4n) is 8.36. The highest BCUT2D eigenvalue weighted by Gasteiger charge is 2.68. The fraction of sp³-hybridized carbons (Fsp3) is 0.0811. The van der Waals surface area contributed by atoms with Gasteiger partial charge in [-0.1, -0.05) is 24.3 Å². The van der Waals surface area contributed by atoms with Crippen LogP contribution in [0.2, 0.25) is 0 Å². The number of hydrogen-bond donors (Lipinski definition) is 0. The molecule has 0 saturated heterocycles. The molecule has 43 heavy (non-hydrogen) atoms. The van der Waals surface area contributed by atoms with Crippen LogP contribution < -0.4 is 13.9 Å². The molecule has 3 aromatic carbocycles. The van der Waals surface area contributed by atoms with Crippen LogP contribution in [-0.4, -0.2) is 14.4 Å². The first-order valence-corrected chi connectivity index (χ1v) is 14.7. The predicted molar refractivity (Wildman–Crippen MR) is 164 cm³/mol. The maximum absolute atomic E-state index is 6.75. The van der Waals surface area contributed by atoms with Crippen molar-refractivity contribution in [2.45, 2.75) is 19.5 Å². The molecule has 6 nitrogen and oxygen atoms in total. The zero-order valence-electron chi connectivity index (χ0n) is 23.5. The van der Waals surface area contributed by atoms with Crippen molar-refractivity contribution in [1.29, 1.82) is 0 Å². The second-order valence-electron chi connectivity index (χ2n) is 12.0. The first-order valence-electron chi connectivity index (χ1n) is 14.7. The van der Waals surface area contributed by atoms with Crippen molar-refractivity contribution in [3.8, 4) is 34.0 Å². The van der Waals surface area contributed by atoms with Gasteiger partial charge in [-0.05, 0) is 73.5 Å². The first kappa shape index (κ1) is 22.0. The highest BCUT2D eigenvalue weighted by Crippen LogP contribution is 2.57. The Morgan fingerprint density at radius 1 is 0.814 bits per heavy atom. The van der Waals surface area contributed by atoms with Gasteiger partial charge in [0, 0.05) is 34.7 Å². The van der Waals surface area contributed by atoms with Crippen LogP contribution in [0.25, 0.3) is 61.0 Å². The van der Waals surface area contributed by atoms with Gasteiger partial charge in [0.2, 0.25) is 5.69 Å². The van der Waals surface area contributed by atoms with E-state index in [1.807, 2.05) is 12.3 Å². The van der Waals surface area contributed by atoms with Crippen molar-refractivity contribution in [1.82, 2.24) is 14.4 Å². The molecule has 1 atom stereocenters. The quantitative estimate of drug-likeness (QED) is 0.128. The molecule has 200 valence electrons. The molecule has 11 rings (SSSR count). The molecule has 0 fully saturated rings. The normalized spacial score (nSPS) is 16.9. The Balaban J connectivity index is 1.46. The van der Waals surface area contributed by atoms with Crippen molar-refractivity contribution in [3.05, 3.63) is 126 Å². The summed E-state index contributed by atoms with van der Waals surface area (Å²) in [6, 6.07) is 30.2. The summed E-state index contributed by atoms with van der Waals surface area (Å²) in [6.45, 7) is 4.42. The van der Waals surface area contributed by atoms with Gasteiger partial charge in [-0.15, -0.1) is 4.57 Å². The van der Waals surface area contributed by atoms with E-state index in [9.17, 15) is 0 Å². The molecule has 3 aliphatic rings. The molecule has 0 aliphatic carbocycles. The van der Waals surface area contributed by atoms with Crippen molar-refractivity contribution in [2.75, 3.05) is 0 Å². The van der Waals surface area contributed by atoms with Crippen LogP contribution in [0.15, 0.2) is 104 Å². The lowest BCUT2D eigenvalue weighted by atomic mass is 9.86. The van der Waals surface area contributed by atoms with Gasteiger partial charge in [-0.2, -0.15) is 8.97 Å². The third-order valence-electron chi connectivity index (χ3n) is 9.90. The van der Waals surface area contributed by atoms with Gasteiger partial charge < -0.3 is 4.74 Å². The van der Waals surface area contributed by atoms with Crippen LogP contribution in [-0.2, 0) is 5.66 Å². The lowest BCUT2D eigenvalue weighted by Crippen LogP contribution is -2.71. The number of ether oxygens (including phenoxy) is 1. The second-order valence-corrected chi connectivity index (χ2v) is 12.0. The summed E-state index contributed by atoms with van der Waals surface area (Å²) in [5.74, 6) is 1.79. The lowest BCUT2D eigenvalue weighted by molar-refractivity contribution is -0.950. The Hall–Kier alpha value is -5.62. The molecular formula is C37H23N5O+2. The summed E-state index contributed by atoms with van der Waals surface area (Å²) in [5.41, 5.74) is 12.9. The van der Waals surface area contributed by atoms with E-state index >= 15 is 0 Å². The average molecular weight is 554 g/mol. The van der Waals surface area contributed by atoms with Crippen LogP contribution in [0.1, 0.15) is 22.3 Å². The fourth-order valence-corrected chi connectivity index (χ4v) is 8.36. The number of pyridine rings is 4. The average Bonchev–Trinajstić information content (AvgIpc) is 3.66. The minimum Gasteiger partial charge on any atom is -0.456 e. The molecule has 0 radical (unpaired) electrons. The van der Waals surface area contributed by atoms with Gasteiger partial charge in [0.05, 0.1) is 10.9 Å². The SMILES string of the molecule is Cc1cccc(C)c1-c1c[n+]2c3c4c5c(ccc4c4nc6ncccc6cc4n13)Oc1cccc3c1C52[n+]1ccccc1-3. The van der Waals surface area contributed by atoms with Crippen molar-refractivity contribution >= 4 is 38.5 Å². The van der Waals surface area contributed by atoms with Crippen molar-refractivity contribution in [3.63, 3.8) is 0 Å². The highest BCUT2D eigenvalue weighted by atomic mass is 16.5. The largest absolute Gasteiger partial charge is 0.456 e. The van der Waals surface area contributed by atoms with Crippen LogP contribution in [0.5, 0.6) is 11.5 Å². The van der Waals surface area contributed by atoms with Crippen LogP contribution in [0.4, 0.5) is 0 Å². The summed E-state index contributed by atoms with van der Waals surface area (Å²) in [4.78, 5) is 9.89. The van der Waals surface area contributed by atoms with Gasteiger partial charge >= 0.3 is 11.3 Å². The number of benzene rings is 3. The number of fused-ring (bicyclic) bond motifs is 6. The lowest BCUT2D eigenvalue weighted by Gasteiger charge is -2.27. The summed E-state index contributed by atoms with van der Waals surface area (Å²) >= 11 is 0. The molecule has 3 aliphatic heterocycles. The zero-order valence-corrected chi connectivity index (χ0v) is 23.5. The van der Waals surface area contributed by atoms with Gasteiger partial charge in [0.1, 0.15) is 34.3 Å². The van der Waals surface area contributed by atoms with Gasteiger partial charge in [-0.3, -0.25) is 0 Å². The maximum atomic E-state index is 6.75. The minimum absolute atomic E-state index is 0.632. The Morgan fingerprint density at radius 3 is 2.58 bits per heavy atom. The molecule has 0 N–H and O–H groups in total. The van der Waals surface area contributed by atoms with E-state index in [1.165, 1.54) is 44.5 Å². The Labute approximate surface area is 245 Å². The molecule has 1 spiro atoms. The molecule has 0 saturated carbocycles. The molecule has 8 heterocycles. The molecular weight excluding hydrogens is 530 g/mol. The molecule has 6 heteroatoms. The Bertz CT molecular complexity index is 2610. The molecule has 1 unspecified atom stereocenters. The summed E-state index contributed by atoms with van der Waals surface area (Å²) in [7, 11) is 0. The number of imidazole rings is 1. The van der Waals surface area contributed by atoms with Crippen molar-refractivity contribution in [2.24, 2.45) is 0 Å². The third kappa shape index (κ3) is 2.28. The van der Waals surface area contributed by atoms with Crippen LogP contribution >= 0.6 is 0 Å².